The van der Waals surface area contributed by atoms with Crippen LogP contribution >= 0.6 is 0 Å². The van der Waals surface area contributed by atoms with E-state index >= 15 is 0 Å². The minimum atomic E-state index is 0.625. The zero-order chi connectivity index (χ0) is 13.5. The Balaban J connectivity index is 2.53. The molecule has 0 amide bonds. The zero-order valence-electron chi connectivity index (χ0n) is 12.9. The molecule has 3 nitrogen and oxygen atoms in total. The number of rotatable bonds is 7. The standard InChI is InChI=1S/C15H32N2O/c1-6-13(4)15-10-17(9-12(3)11-18-5)14(7-2)8-16-15/h12-16H,6-11H2,1-5H3. The highest BCUT2D eigenvalue weighted by Gasteiger charge is 2.29. The van der Waals surface area contributed by atoms with E-state index in [0.717, 1.165) is 19.1 Å². The second kappa shape index (κ2) is 8.13. The molecule has 4 atom stereocenters. The van der Waals surface area contributed by atoms with E-state index in [0.29, 0.717) is 18.0 Å². The Morgan fingerprint density at radius 1 is 1.33 bits per heavy atom. The maximum absolute atomic E-state index is 5.27. The number of piperazine rings is 1. The van der Waals surface area contributed by atoms with E-state index in [9.17, 15) is 0 Å². The first-order valence-corrected chi connectivity index (χ1v) is 7.58. The minimum absolute atomic E-state index is 0.625. The van der Waals surface area contributed by atoms with E-state index in [2.05, 4.69) is 37.9 Å². The largest absolute Gasteiger partial charge is 0.384 e. The summed E-state index contributed by atoms with van der Waals surface area (Å²) in [6.45, 7) is 13.6. The van der Waals surface area contributed by atoms with Gasteiger partial charge in [0.1, 0.15) is 0 Å². The van der Waals surface area contributed by atoms with E-state index in [1.807, 2.05) is 0 Å². The molecule has 0 aromatic carbocycles. The van der Waals surface area contributed by atoms with Crippen LogP contribution < -0.4 is 5.32 Å². The topological polar surface area (TPSA) is 24.5 Å². The number of methoxy groups -OCH3 is 1. The Morgan fingerprint density at radius 3 is 2.61 bits per heavy atom. The molecule has 1 heterocycles. The van der Waals surface area contributed by atoms with E-state index in [1.165, 1.54) is 25.9 Å². The monoisotopic (exact) mass is 256 g/mol. The van der Waals surface area contributed by atoms with Crippen molar-refractivity contribution in [3.8, 4) is 0 Å². The summed E-state index contributed by atoms with van der Waals surface area (Å²) < 4.78 is 5.27. The van der Waals surface area contributed by atoms with Crippen molar-refractivity contribution in [3.05, 3.63) is 0 Å². The summed E-state index contributed by atoms with van der Waals surface area (Å²) in [7, 11) is 1.80. The van der Waals surface area contributed by atoms with Crippen molar-refractivity contribution in [2.24, 2.45) is 11.8 Å². The molecule has 1 N–H and O–H groups in total. The van der Waals surface area contributed by atoms with Gasteiger partial charge in [0.05, 0.1) is 0 Å². The van der Waals surface area contributed by atoms with Crippen LogP contribution in [0.25, 0.3) is 0 Å². The Kier molecular flexibility index (Phi) is 7.20. The summed E-state index contributed by atoms with van der Waals surface area (Å²) in [6, 6.07) is 1.36. The third-order valence-corrected chi connectivity index (χ3v) is 4.36. The lowest BCUT2D eigenvalue weighted by Gasteiger charge is -2.43. The van der Waals surface area contributed by atoms with E-state index in [-0.39, 0.29) is 0 Å². The molecule has 108 valence electrons. The number of hydrogen-bond acceptors (Lipinski definition) is 3. The van der Waals surface area contributed by atoms with Gasteiger partial charge >= 0.3 is 0 Å². The molecule has 0 saturated carbocycles. The van der Waals surface area contributed by atoms with E-state index in [1.54, 1.807) is 7.11 Å². The number of ether oxygens (including phenoxy) is 1. The second-order valence-electron chi connectivity index (χ2n) is 5.98. The summed E-state index contributed by atoms with van der Waals surface area (Å²) >= 11 is 0. The lowest BCUT2D eigenvalue weighted by atomic mass is 9.94. The van der Waals surface area contributed by atoms with E-state index < -0.39 is 0 Å². The maximum Gasteiger partial charge on any atom is 0.0500 e. The van der Waals surface area contributed by atoms with Crippen molar-refractivity contribution in [2.75, 3.05) is 33.4 Å². The first-order valence-electron chi connectivity index (χ1n) is 7.58. The normalized spacial score (nSPS) is 29.2. The van der Waals surface area contributed by atoms with Crippen molar-refractivity contribution in [2.45, 2.75) is 52.6 Å². The first-order chi connectivity index (χ1) is 8.62. The molecule has 0 aromatic heterocycles. The molecule has 0 spiro atoms. The highest BCUT2D eigenvalue weighted by molar-refractivity contribution is 4.88. The lowest BCUT2D eigenvalue weighted by molar-refractivity contribution is 0.0687. The number of hydrogen-bond donors (Lipinski definition) is 1. The fraction of sp³-hybridized carbons (Fsp3) is 1.00. The van der Waals surface area contributed by atoms with Crippen LogP contribution in [0.1, 0.15) is 40.5 Å². The average molecular weight is 256 g/mol. The molecule has 0 aliphatic carbocycles. The molecule has 0 bridgehead atoms. The number of nitrogens with one attached hydrogen (secondary N) is 1. The smallest absolute Gasteiger partial charge is 0.0500 e. The van der Waals surface area contributed by atoms with Gasteiger partial charge in [0.2, 0.25) is 0 Å². The Labute approximate surface area is 113 Å². The molecule has 1 saturated heterocycles. The predicted molar refractivity (Wildman–Crippen MR) is 77.9 cm³/mol. The summed E-state index contributed by atoms with van der Waals surface area (Å²) in [6.07, 6.45) is 2.50. The molecular weight excluding hydrogens is 224 g/mol. The van der Waals surface area contributed by atoms with Crippen molar-refractivity contribution in [1.82, 2.24) is 10.2 Å². The molecule has 1 fully saturated rings. The van der Waals surface area contributed by atoms with Crippen LogP contribution in [0.3, 0.4) is 0 Å². The van der Waals surface area contributed by atoms with Gasteiger partial charge in [-0.3, -0.25) is 4.90 Å². The van der Waals surface area contributed by atoms with Gasteiger partial charge in [-0.15, -0.1) is 0 Å². The molecule has 18 heavy (non-hydrogen) atoms. The minimum Gasteiger partial charge on any atom is -0.384 e. The summed E-state index contributed by atoms with van der Waals surface area (Å²) in [5.74, 6) is 1.39. The van der Waals surface area contributed by atoms with Crippen LogP contribution in [-0.2, 0) is 4.74 Å². The fourth-order valence-corrected chi connectivity index (χ4v) is 2.91. The molecular formula is C15H32N2O. The Bertz CT molecular complexity index is 223. The van der Waals surface area contributed by atoms with Crippen molar-refractivity contribution in [1.29, 1.82) is 0 Å². The fourth-order valence-electron chi connectivity index (χ4n) is 2.91. The van der Waals surface area contributed by atoms with Crippen molar-refractivity contribution < 1.29 is 4.74 Å². The summed E-state index contributed by atoms with van der Waals surface area (Å²) in [5, 5.41) is 3.73. The van der Waals surface area contributed by atoms with Crippen molar-refractivity contribution >= 4 is 0 Å². The summed E-state index contributed by atoms with van der Waals surface area (Å²) in [5.41, 5.74) is 0. The molecule has 4 unspecified atom stereocenters. The first kappa shape index (κ1) is 15.9. The SMILES string of the molecule is CCC(C)C1CN(CC(C)COC)C(CC)CN1. The maximum atomic E-state index is 5.27. The third kappa shape index (κ3) is 4.52. The van der Waals surface area contributed by atoms with Crippen LogP contribution in [0.2, 0.25) is 0 Å². The van der Waals surface area contributed by atoms with Gasteiger partial charge in [-0.25, -0.2) is 0 Å². The van der Waals surface area contributed by atoms with Gasteiger partial charge in [-0.1, -0.05) is 34.1 Å². The molecule has 1 aliphatic rings. The Hall–Kier alpha value is -0.120. The van der Waals surface area contributed by atoms with Gasteiger partial charge in [-0.05, 0) is 18.3 Å². The lowest BCUT2D eigenvalue weighted by Crippen LogP contribution is -2.59. The van der Waals surface area contributed by atoms with Gasteiger partial charge in [0.15, 0.2) is 0 Å². The van der Waals surface area contributed by atoms with Crippen molar-refractivity contribution in [3.63, 3.8) is 0 Å². The highest BCUT2D eigenvalue weighted by atomic mass is 16.5. The molecule has 1 aliphatic heterocycles. The van der Waals surface area contributed by atoms with Crippen LogP contribution in [0.4, 0.5) is 0 Å². The predicted octanol–water partition coefficient (Wildman–Crippen LogP) is 2.37. The third-order valence-electron chi connectivity index (χ3n) is 4.36. The molecule has 0 radical (unpaired) electrons. The second-order valence-corrected chi connectivity index (χ2v) is 5.98. The average Bonchev–Trinajstić information content (AvgIpc) is 2.38. The summed E-state index contributed by atoms with van der Waals surface area (Å²) in [4.78, 5) is 2.68. The van der Waals surface area contributed by atoms with Crippen LogP contribution in [0.15, 0.2) is 0 Å². The zero-order valence-corrected chi connectivity index (χ0v) is 12.9. The highest BCUT2D eigenvalue weighted by Crippen LogP contribution is 2.18. The van der Waals surface area contributed by atoms with Gasteiger partial charge in [0.25, 0.3) is 0 Å². The molecule has 3 heteroatoms. The molecule has 1 rings (SSSR count). The van der Waals surface area contributed by atoms with E-state index in [4.69, 9.17) is 4.74 Å². The van der Waals surface area contributed by atoms with Gasteiger partial charge in [-0.2, -0.15) is 0 Å². The number of nitrogens with zero attached hydrogens (tertiary/aromatic N) is 1. The Morgan fingerprint density at radius 2 is 2.06 bits per heavy atom. The quantitative estimate of drug-likeness (QED) is 0.757. The van der Waals surface area contributed by atoms with Gasteiger partial charge < -0.3 is 10.1 Å². The van der Waals surface area contributed by atoms with Gasteiger partial charge in [0, 0.05) is 45.4 Å². The van der Waals surface area contributed by atoms with Crippen LogP contribution in [-0.4, -0.2) is 50.3 Å². The van der Waals surface area contributed by atoms with Crippen LogP contribution in [0, 0.1) is 11.8 Å². The van der Waals surface area contributed by atoms with Crippen LogP contribution in [0.5, 0.6) is 0 Å². The molecule has 0 aromatic rings.